The summed E-state index contributed by atoms with van der Waals surface area (Å²) in [6.45, 7) is 5.77. The smallest absolute Gasteiger partial charge is 0.260 e. The van der Waals surface area contributed by atoms with Gasteiger partial charge in [-0.15, -0.1) is 0 Å². The maximum absolute atomic E-state index is 12.1. The number of rotatable bonds is 6. The molecule has 3 N–H and O–H groups in total. The van der Waals surface area contributed by atoms with E-state index in [-0.39, 0.29) is 5.56 Å². The average molecular weight is 403 g/mol. The summed E-state index contributed by atoms with van der Waals surface area (Å²) in [7, 11) is 0. The van der Waals surface area contributed by atoms with Gasteiger partial charge in [0, 0.05) is 38.1 Å². The zero-order valence-electron chi connectivity index (χ0n) is 16.8. The van der Waals surface area contributed by atoms with Gasteiger partial charge in [-0.1, -0.05) is 24.3 Å². The van der Waals surface area contributed by atoms with Crippen LogP contribution in [0, 0.1) is 0 Å². The number of anilines is 2. The van der Waals surface area contributed by atoms with Crippen molar-refractivity contribution in [3.05, 3.63) is 58.9 Å². The fourth-order valence-corrected chi connectivity index (χ4v) is 4.05. The molecular formula is C22H25N7O. The molecule has 1 aliphatic rings. The Labute approximate surface area is 173 Å². The molecule has 8 heteroatoms. The van der Waals surface area contributed by atoms with Crippen LogP contribution in [0.5, 0.6) is 0 Å². The van der Waals surface area contributed by atoms with Gasteiger partial charge in [0.25, 0.3) is 5.56 Å². The van der Waals surface area contributed by atoms with Crippen molar-refractivity contribution in [2.45, 2.75) is 6.42 Å². The Bertz CT molecular complexity index is 1210. The first-order chi connectivity index (χ1) is 14.8. The molecule has 4 aromatic rings. The van der Waals surface area contributed by atoms with E-state index in [2.05, 4.69) is 53.5 Å². The van der Waals surface area contributed by atoms with Crippen molar-refractivity contribution in [3.8, 4) is 0 Å². The van der Waals surface area contributed by atoms with E-state index in [4.69, 9.17) is 0 Å². The molecule has 0 bridgehead atoms. The number of hydrogen-bond donors (Lipinski definition) is 3. The second kappa shape index (κ2) is 8.16. The standard InChI is InChI=1S/C22H25N7O/c30-21-17-7-2-3-8-18(17)24-22(25-21)23-10-5-11-28-12-14-29(15-13-28)20-16-6-1-4-9-19(16)26-27-20/h1-4,6-9H,5,10-15H2,(H,26,27)(H2,23,24,25,30). The summed E-state index contributed by atoms with van der Waals surface area (Å²) in [6, 6.07) is 15.7. The van der Waals surface area contributed by atoms with Gasteiger partial charge in [-0.2, -0.15) is 5.10 Å². The molecular weight excluding hydrogens is 378 g/mol. The van der Waals surface area contributed by atoms with Gasteiger partial charge in [0.1, 0.15) is 0 Å². The van der Waals surface area contributed by atoms with Crippen LogP contribution in [0.15, 0.2) is 53.3 Å². The topological polar surface area (TPSA) is 92.9 Å². The fraction of sp³-hybridized carbons (Fsp3) is 0.318. The zero-order valence-corrected chi connectivity index (χ0v) is 16.8. The molecule has 1 fully saturated rings. The van der Waals surface area contributed by atoms with Gasteiger partial charge in [-0.05, 0) is 37.2 Å². The van der Waals surface area contributed by atoms with E-state index in [1.165, 1.54) is 5.39 Å². The number of nitrogens with one attached hydrogen (secondary N) is 3. The third-order valence-corrected chi connectivity index (χ3v) is 5.68. The van der Waals surface area contributed by atoms with E-state index < -0.39 is 0 Å². The van der Waals surface area contributed by atoms with Crippen LogP contribution in [0.1, 0.15) is 6.42 Å². The highest BCUT2D eigenvalue weighted by molar-refractivity contribution is 5.90. The van der Waals surface area contributed by atoms with Crippen molar-refractivity contribution in [2.24, 2.45) is 0 Å². The Morgan fingerprint density at radius 1 is 0.967 bits per heavy atom. The van der Waals surface area contributed by atoms with Crippen molar-refractivity contribution < 1.29 is 0 Å². The number of H-pyrrole nitrogens is 2. The third kappa shape index (κ3) is 3.73. The average Bonchev–Trinajstić information content (AvgIpc) is 3.21. The molecule has 3 heterocycles. The lowest BCUT2D eigenvalue weighted by Gasteiger charge is -2.35. The quantitative estimate of drug-likeness (QED) is 0.428. The molecule has 1 aliphatic heterocycles. The van der Waals surface area contributed by atoms with Crippen LogP contribution in [0.3, 0.4) is 0 Å². The van der Waals surface area contributed by atoms with Gasteiger partial charge in [-0.25, -0.2) is 4.98 Å². The molecule has 0 amide bonds. The van der Waals surface area contributed by atoms with E-state index >= 15 is 0 Å². The third-order valence-electron chi connectivity index (χ3n) is 5.68. The highest BCUT2D eigenvalue weighted by Crippen LogP contribution is 2.24. The van der Waals surface area contributed by atoms with Crippen LogP contribution in [-0.2, 0) is 0 Å². The van der Waals surface area contributed by atoms with Crippen molar-refractivity contribution in [1.82, 2.24) is 25.1 Å². The van der Waals surface area contributed by atoms with Crippen molar-refractivity contribution in [2.75, 3.05) is 49.5 Å². The molecule has 2 aromatic carbocycles. The summed E-state index contributed by atoms with van der Waals surface area (Å²) < 4.78 is 0. The minimum Gasteiger partial charge on any atom is -0.356 e. The van der Waals surface area contributed by atoms with E-state index in [9.17, 15) is 4.79 Å². The molecule has 0 atom stereocenters. The predicted octanol–water partition coefficient (Wildman–Crippen LogP) is 2.42. The second-order valence-corrected chi connectivity index (χ2v) is 7.63. The summed E-state index contributed by atoms with van der Waals surface area (Å²) in [5.74, 6) is 1.59. The van der Waals surface area contributed by atoms with Crippen LogP contribution >= 0.6 is 0 Å². The molecule has 2 aromatic heterocycles. The van der Waals surface area contributed by atoms with Crippen LogP contribution in [0.25, 0.3) is 21.8 Å². The Kier molecular flexibility index (Phi) is 5.06. The predicted molar refractivity (Wildman–Crippen MR) is 120 cm³/mol. The van der Waals surface area contributed by atoms with Gasteiger partial charge >= 0.3 is 0 Å². The molecule has 1 saturated heterocycles. The summed E-state index contributed by atoms with van der Waals surface area (Å²) >= 11 is 0. The first-order valence-corrected chi connectivity index (χ1v) is 10.4. The maximum Gasteiger partial charge on any atom is 0.260 e. The van der Waals surface area contributed by atoms with Crippen LogP contribution in [0.4, 0.5) is 11.8 Å². The molecule has 5 rings (SSSR count). The summed E-state index contributed by atoms with van der Waals surface area (Å²) in [6.07, 6.45) is 0.988. The normalized spacial score (nSPS) is 15.1. The zero-order chi connectivity index (χ0) is 20.3. The minimum atomic E-state index is -0.106. The summed E-state index contributed by atoms with van der Waals surface area (Å²) in [5, 5.41) is 12.7. The molecule has 0 radical (unpaired) electrons. The van der Waals surface area contributed by atoms with Gasteiger partial charge in [0.05, 0.1) is 16.4 Å². The Balaban J connectivity index is 1.11. The molecule has 154 valence electrons. The molecule has 0 aliphatic carbocycles. The molecule has 30 heavy (non-hydrogen) atoms. The minimum absolute atomic E-state index is 0.106. The summed E-state index contributed by atoms with van der Waals surface area (Å²) in [5.41, 5.74) is 1.69. The van der Waals surface area contributed by atoms with Gasteiger partial charge in [-0.3, -0.25) is 19.8 Å². The number of benzene rings is 2. The monoisotopic (exact) mass is 403 g/mol. The second-order valence-electron chi connectivity index (χ2n) is 7.63. The fourth-order valence-electron chi connectivity index (χ4n) is 4.05. The lowest BCUT2D eigenvalue weighted by atomic mass is 10.2. The van der Waals surface area contributed by atoms with Gasteiger partial charge in [0.15, 0.2) is 5.82 Å². The lowest BCUT2D eigenvalue weighted by molar-refractivity contribution is 0.257. The number of nitrogens with zero attached hydrogens (tertiary/aromatic N) is 4. The van der Waals surface area contributed by atoms with Crippen LogP contribution in [0.2, 0.25) is 0 Å². The number of aromatic amines is 2. The highest BCUT2D eigenvalue weighted by atomic mass is 16.1. The van der Waals surface area contributed by atoms with E-state index in [0.717, 1.165) is 57.0 Å². The molecule has 0 saturated carbocycles. The Morgan fingerprint density at radius 2 is 1.73 bits per heavy atom. The number of piperazine rings is 1. The number of para-hydroxylation sites is 2. The molecule has 0 spiro atoms. The lowest BCUT2D eigenvalue weighted by Crippen LogP contribution is -2.47. The van der Waals surface area contributed by atoms with Crippen molar-refractivity contribution in [3.63, 3.8) is 0 Å². The molecule has 0 unspecified atom stereocenters. The number of hydrogen-bond acceptors (Lipinski definition) is 6. The first kappa shape index (κ1) is 18.6. The summed E-state index contributed by atoms with van der Waals surface area (Å²) in [4.78, 5) is 24.3. The number of fused-ring (bicyclic) bond motifs is 2. The van der Waals surface area contributed by atoms with Gasteiger partial charge in [0.2, 0.25) is 5.95 Å². The van der Waals surface area contributed by atoms with E-state index in [1.807, 2.05) is 24.3 Å². The SMILES string of the molecule is O=c1[nH]c(NCCCN2CCN(c3n[nH]c4ccccc34)CC2)nc2ccccc12. The van der Waals surface area contributed by atoms with E-state index in [0.29, 0.717) is 16.9 Å². The first-order valence-electron chi connectivity index (χ1n) is 10.4. The van der Waals surface area contributed by atoms with Crippen LogP contribution in [-0.4, -0.2) is 64.3 Å². The number of aromatic nitrogens is 4. The maximum atomic E-state index is 12.1. The Morgan fingerprint density at radius 3 is 2.60 bits per heavy atom. The van der Waals surface area contributed by atoms with Crippen LogP contribution < -0.4 is 15.8 Å². The highest BCUT2D eigenvalue weighted by Gasteiger charge is 2.20. The van der Waals surface area contributed by atoms with E-state index in [1.54, 1.807) is 6.07 Å². The van der Waals surface area contributed by atoms with Gasteiger partial charge < -0.3 is 10.2 Å². The Hall–Kier alpha value is -3.39. The molecule has 8 nitrogen and oxygen atoms in total. The van der Waals surface area contributed by atoms with Crippen molar-refractivity contribution >= 4 is 33.6 Å². The van der Waals surface area contributed by atoms with Crippen molar-refractivity contribution in [1.29, 1.82) is 0 Å². The largest absolute Gasteiger partial charge is 0.356 e.